The van der Waals surface area contributed by atoms with Gasteiger partial charge in [0.15, 0.2) is 0 Å². The Labute approximate surface area is 84.1 Å². The van der Waals surface area contributed by atoms with Crippen LogP contribution in [0.3, 0.4) is 0 Å². The zero-order chi connectivity index (χ0) is 10.2. The van der Waals surface area contributed by atoms with E-state index in [-0.39, 0.29) is 0 Å². The third-order valence-corrected chi connectivity index (χ3v) is 4.51. The third kappa shape index (κ3) is 2.08. The van der Waals surface area contributed by atoms with Crippen molar-refractivity contribution in [3.63, 3.8) is 0 Å². The molecule has 1 fully saturated rings. The van der Waals surface area contributed by atoms with E-state index in [1.54, 1.807) is 0 Å². The zero-order valence-electron chi connectivity index (χ0n) is 10.2. The summed E-state index contributed by atoms with van der Waals surface area (Å²) in [4.78, 5) is 0. The maximum Gasteiger partial charge on any atom is -0.0329 e. The second kappa shape index (κ2) is 4.02. The molecule has 0 saturated heterocycles. The van der Waals surface area contributed by atoms with Crippen molar-refractivity contribution in [2.24, 2.45) is 35.5 Å². The number of hydrogen-bond donors (Lipinski definition) is 0. The number of rotatable bonds is 4. The van der Waals surface area contributed by atoms with Gasteiger partial charge in [0.05, 0.1) is 0 Å². The van der Waals surface area contributed by atoms with Crippen LogP contribution in [0.4, 0.5) is 0 Å². The van der Waals surface area contributed by atoms with Crippen molar-refractivity contribution in [3.8, 4) is 0 Å². The molecule has 1 saturated carbocycles. The van der Waals surface area contributed by atoms with Gasteiger partial charge in [0.1, 0.15) is 0 Å². The molecule has 4 unspecified atom stereocenters. The fourth-order valence-corrected chi connectivity index (χ4v) is 3.39. The van der Waals surface area contributed by atoms with E-state index in [0.29, 0.717) is 0 Å². The minimum atomic E-state index is 0.861. The maximum absolute atomic E-state index is 2.47. The largest absolute Gasteiger partial charge is 0.0651 e. The van der Waals surface area contributed by atoms with Crippen LogP contribution in [0.15, 0.2) is 0 Å². The van der Waals surface area contributed by atoms with E-state index in [2.05, 4.69) is 41.5 Å². The van der Waals surface area contributed by atoms with Crippen molar-refractivity contribution >= 4 is 0 Å². The molecule has 4 atom stereocenters. The van der Waals surface area contributed by atoms with E-state index in [1.165, 1.54) is 6.42 Å². The lowest BCUT2D eigenvalue weighted by Crippen LogP contribution is -2.19. The van der Waals surface area contributed by atoms with E-state index in [1.807, 2.05) is 0 Å². The van der Waals surface area contributed by atoms with Crippen molar-refractivity contribution in [3.05, 3.63) is 0 Å². The van der Waals surface area contributed by atoms with Crippen molar-refractivity contribution in [2.45, 2.75) is 48.0 Å². The van der Waals surface area contributed by atoms with Crippen molar-refractivity contribution in [1.29, 1.82) is 0 Å². The van der Waals surface area contributed by atoms with Gasteiger partial charge in [-0.25, -0.2) is 0 Å². The van der Waals surface area contributed by atoms with Gasteiger partial charge in [-0.05, 0) is 35.5 Å². The summed E-state index contributed by atoms with van der Waals surface area (Å²) in [7, 11) is 0. The monoisotopic (exact) mass is 182 g/mol. The lowest BCUT2D eigenvalue weighted by molar-refractivity contribution is 0.226. The molecule has 0 amide bonds. The summed E-state index contributed by atoms with van der Waals surface area (Å²) in [5, 5.41) is 0. The summed E-state index contributed by atoms with van der Waals surface area (Å²) in [5.74, 6) is 5.74. The van der Waals surface area contributed by atoms with Crippen LogP contribution in [0.5, 0.6) is 0 Å². The predicted molar refractivity (Wildman–Crippen MR) is 59.6 cm³/mol. The molecule has 0 aromatic rings. The highest BCUT2D eigenvalue weighted by atomic mass is 14.5. The Bertz CT molecular complexity index is 151. The Morgan fingerprint density at radius 2 is 1.46 bits per heavy atom. The Balaban J connectivity index is 2.50. The molecular formula is C13H26. The van der Waals surface area contributed by atoms with Gasteiger partial charge in [0, 0.05) is 0 Å². The molecule has 1 aliphatic rings. The summed E-state index contributed by atoms with van der Waals surface area (Å²) in [5.41, 5.74) is 0. The van der Waals surface area contributed by atoms with E-state index in [4.69, 9.17) is 0 Å². The second-order valence-electron chi connectivity index (χ2n) is 5.47. The average molecular weight is 182 g/mol. The van der Waals surface area contributed by atoms with Crippen molar-refractivity contribution < 1.29 is 0 Å². The van der Waals surface area contributed by atoms with Gasteiger partial charge >= 0.3 is 0 Å². The normalized spacial score (nSPS) is 37.6. The van der Waals surface area contributed by atoms with Gasteiger partial charge < -0.3 is 0 Å². The van der Waals surface area contributed by atoms with Crippen LogP contribution in [0.25, 0.3) is 0 Å². The van der Waals surface area contributed by atoms with E-state index in [9.17, 15) is 0 Å². The van der Waals surface area contributed by atoms with Gasteiger partial charge in [-0.1, -0.05) is 48.0 Å². The highest BCUT2D eigenvalue weighted by Gasteiger charge is 2.47. The summed E-state index contributed by atoms with van der Waals surface area (Å²) < 4.78 is 0. The lowest BCUT2D eigenvalue weighted by Gasteiger charge is -2.26. The Kier molecular flexibility index (Phi) is 3.43. The standard InChI is InChI=1S/C13H26/c1-7-12(8(2)3)11(6)13-9(4)10(13)5/h8-13H,7H2,1-6H3. The van der Waals surface area contributed by atoms with E-state index < -0.39 is 0 Å². The van der Waals surface area contributed by atoms with Crippen LogP contribution in [0.1, 0.15) is 48.0 Å². The Hall–Kier alpha value is 0. The lowest BCUT2D eigenvalue weighted by atomic mass is 9.79. The SMILES string of the molecule is CCC(C(C)C)C(C)C1C(C)C1C. The summed E-state index contributed by atoms with van der Waals surface area (Å²) in [6.07, 6.45) is 1.36. The molecule has 1 rings (SSSR count). The highest BCUT2D eigenvalue weighted by Crippen LogP contribution is 2.53. The van der Waals surface area contributed by atoms with Crippen LogP contribution in [0, 0.1) is 35.5 Å². The molecule has 0 bridgehead atoms. The predicted octanol–water partition coefficient (Wildman–Crippen LogP) is 4.21. The Morgan fingerprint density at radius 1 is 1.00 bits per heavy atom. The zero-order valence-corrected chi connectivity index (χ0v) is 10.2. The quantitative estimate of drug-likeness (QED) is 0.611. The van der Waals surface area contributed by atoms with E-state index >= 15 is 0 Å². The van der Waals surface area contributed by atoms with Crippen molar-refractivity contribution in [2.75, 3.05) is 0 Å². The second-order valence-corrected chi connectivity index (χ2v) is 5.47. The molecule has 0 nitrogen and oxygen atoms in total. The van der Waals surface area contributed by atoms with Crippen LogP contribution < -0.4 is 0 Å². The first-order chi connectivity index (χ1) is 6.00. The first-order valence-electron chi connectivity index (χ1n) is 6.00. The van der Waals surface area contributed by atoms with E-state index in [0.717, 1.165) is 35.5 Å². The topological polar surface area (TPSA) is 0 Å². The molecule has 0 aromatic carbocycles. The molecule has 0 heterocycles. The summed E-state index contributed by atoms with van der Waals surface area (Å²) in [6, 6.07) is 0. The molecule has 0 radical (unpaired) electrons. The molecule has 0 N–H and O–H groups in total. The van der Waals surface area contributed by atoms with Gasteiger partial charge in [0.2, 0.25) is 0 Å². The van der Waals surface area contributed by atoms with Gasteiger partial charge in [-0.15, -0.1) is 0 Å². The summed E-state index contributed by atoms with van der Waals surface area (Å²) in [6.45, 7) is 14.4. The van der Waals surface area contributed by atoms with Crippen LogP contribution in [-0.4, -0.2) is 0 Å². The molecule has 1 aliphatic carbocycles. The van der Waals surface area contributed by atoms with Gasteiger partial charge in [-0.3, -0.25) is 0 Å². The smallest absolute Gasteiger partial charge is 0.0329 e. The molecule has 0 aromatic heterocycles. The van der Waals surface area contributed by atoms with Crippen LogP contribution in [0.2, 0.25) is 0 Å². The molecule has 0 spiro atoms. The van der Waals surface area contributed by atoms with Crippen molar-refractivity contribution in [1.82, 2.24) is 0 Å². The first kappa shape index (κ1) is 11.1. The fourth-order valence-electron chi connectivity index (χ4n) is 3.39. The molecule has 78 valence electrons. The summed E-state index contributed by atoms with van der Waals surface area (Å²) >= 11 is 0. The first-order valence-corrected chi connectivity index (χ1v) is 6.00. The Morgan fingerprint density at radius 3 is 1.69 bits per heavy atom. The van der Waals surface area contributed by atoms with Crippen LogP contribution >= 0.6 is 0 Å². The molecule has 0 aliphatic heterocycles. The minimum absolute atomic E-state index is 0.861. The average Bonchev–Trinajstić information content (AvgIpc) is 2.60. The third-order valence-electron chi connectivity index (χ3n) is 4.51. The van der Waals surface area contributed by atoms with Gasteiger partial charge in [-0.2, -0.15) is 0 Å². The van der Waals surface area contributed by atoms with Crippen LogP contribution in [-0.2, 0) is 0 Å². The molecular weight excluding hydrogens is 156 g/mol. The highest BCUT2D eigenvalue weighted by molar-refractivity contribution is 4.95. The maximum atomic E-state index is 2.47. The molecule has 0 heteroatoms. The minimum Gasteiger partial charge on any atom is -0.0651 e. The molecule has 13 heavy (non-hydrogen) atoms. The fraction of sp³-hybridized carbons (Fsp3) is 1.00. The van der Waals surface area contributed by atoms with Gasteiger partial charge in [0.25, 0.3) is 0 Å². The number of hydrogen-bond acceptors (Lipinski definition) is 0.